The third-order valence-corrected chi connectivity index (χ3v) is 4.95. The first-order chi connectivity index (χ1) is 16.5. The summed E-state index contributed by atoms with van der Waals surface area (Å²) in [4.78, 5) is 37.4. The summed E-state index contributed by atoms with van der Waals surface area (Å²) in [6, 6.07) is 22.1. The molecule has 0 aromatic heterocycles. The number of ether oxygens (including phenoxy) is 3. The largest absolute Gasteiger partial charge is 0.493 e. The van der Waals surface area contributed by atoms with Crippen LogP contribution in [0, 0.1) is 0 Å². The van der Waals surface area contributed by atoms with Gasteiger partial charge in [0, 0.05) is 17.3 Å². The Morgan fingerprint density at radius 1 is 0.824 bits per heavy atom. The highest BCUT2D eigenvalue weighted by Crippen LogP contribution is 2.29. The summed E-state index contributed by atoms with van der Waals surface area (Å²) in [5.41, 5.74) is 1.69. The fourth-order valence-corrected chi connectivity index (χ4v) is 3.25. The minimum absolute atomic E-state index is 0.133. The maximum Gasteiger partial charge on any atom is 0.308 e. The van der Waals surface area contributed by atoms with Crippen LogP contribution in [0.3, 0.4) is 0 Å². The van der Waals surface area contributed by atoms with Gasteiger partial charge in [-0.25, -0.2) is 0 Å². The molecule has 0 bridgehead atoms. The van der Waals surface area contributed by atoms with Crippen LogP contribution in [0.5, 0.6) is 11.5 Å². The Balaban J connectivity index is 1.59. The molecule has 1 unspecified atom stereocenters. The highest BCUT2D eigenvalue weighted by molar-refractivity contribution is 5.95. The van der Waals surface area contributed by atoms with E-state index in [1.807, 2.05) is 36.4 Å². The molecule has 2 amide bonds. The molecule has 0 heterocycles. The average Bonchev–Trinajstić information content (AvgIpc) is 2.88. The number of methoxy groups -OCH3 is 2. The molecular weight excluding hydrogens is 436 g/mol. The summed E-state index contributed by atoms with van der Waals surface area (Å²) in [5, 5.41) is 5.51. The van der Waals surface area contributed by atoms with Crippen LogP contribution in [0.1, 0.15) is 28.4 Å². The summed E-state index contributed by atoms with van der Waals surface area (Å²) in [6.07, 6.45) is -0.133. The standard InChI is InChI=1S/C26H26N2O6/c1-32-22-14-13-20(15-23(22)33-2)27-24(29)17-34-25(30)16-21(18-9-5-3-6-10-18)28-26(31)19-11-7-4-8-12-19/h3-15,21H,16-17H2,1-2H3,(H,27,29)(H,28,31). The number of anilines is 1. The molecule has 8 heteroatoms. The number of hydrogen-bond donors (Lipinski definition) is 2. The van der Waals surface area contributed by atoms with Gasteiger partial charge in [0.15, 0.2) is 18.1 Å². The van der Waals surface area contributed by atoms with E-state index in [0.29, 0.717) is 22.7 Å². The van der Waals surface area contributed by atoms with Gasteiger partial charge >= 0.3 is 5.97 Å². The minimum atomic E-state index is -0.621. The quantitative estimate of drug-likeness (QED) is 0.445. The Kier molecular flexibility index (Phi) is 8.62. The third-order valence-electron chi connectivity index (χ3n) is 4.95. The monoisotopic (exact) mass is 462 g/mol. The van der Waals surface area contributed by atoms with Crippen molar-refractivity contribution in [3.63, 3.8) is 0 Å². The molecule has 0 aliphatic rings. The molecule has 3 aromatic carbocycles. The first kappa shape index (κ1) is 24.3. The summed E-state index contributed by atoms with van der Waals surface area (Å²) in [7, 11) is 3.01. The van der Waals surface area contributed by atoms with Crippen LogP contribution in [-0.2, 0) is 14.3 Å². The summed E-state index contributed by atoms with van der Waals surface area (Å²) in [5.74, 6) is -0.461. The lowest BCUT2D eigenvalue weighted by Crippen LogP contribution is -2.31. The number of rotatable bonds is 10. The van der Waals surface area contributed by atoms with Gasteiger partial charge in [-0.15, -0.1) is 0 Å². The maximum absolute atomic E-state index is 12.6. The van der Waals surface area contributed by atoms with Crippen molar-refractivity contribution in [3.8, 4) is 11.5 Å². The van der Waals surface area contributed by atoms with Gasteiger partial charge in [0.2, 0.25) is 0 Å². The van der Waals surface area contributed by atoms with Gasteiger partial charge in [0.1, 0.15) is 0 Å². The molecule has 3 rings (SSSR count). The van der Waals surface area contributed by atoms with Gasteiger partial charge in [-0.05, 0) is 29.8 Å². The van der Waals surface area contributed by atoms with E-state index in [9.17, 15) is 14.4 Å². The first-order valence-corrected chi connectivity index (χ1v) is 10.6. The Morgan fingerprint density at radius 3 is 2.12 bits per heavy atom. The Morgan fingerprint density at radius 2 is 1.47 bits per heavy atom. The molecular formula is C26H26N2O6. The van der Waals surface area contributed by atoms with E-state index in [2.05, 4.69) is 10.6 Å². The molecule has 0 aliphatic carbocycles. The second-order valence-electron chi connectivity index (χ2n) is 7.29. The number of hydrogen-bond acceptors (Lipinski definition) is 6. The zero-order valence-electron chi connectivity index (χ0n) is 18.9. The number of carbonyl (C=O) groups is 3. The Labute approximate surface area is 197 Å². The molecule has 0 radical (unpaired) electrons. The molecule has 3 aromatic rings. The van der Waals surface area contributed by atoms with Crippen molar-refractivity contribution in [2.75, 3.05) is 26.1 Å². The molecule has 1 atom stereocenters. The van der Waals surface area contributed by atoms with Crippen LogP contribution in [0.2, 0.25) is 0 Å². The van der Waals surface area contributed by atoms with E-state index in [0.717, 1.165) is 5.56 Å². The van der Waals surface area contributed by atoms with Crippen LogP contribution >= 0.6 is 0 Å². The molecule has 0 aliphatic heterocycles. The van der Waals surface area contributed by atoms with Crippen molar-refractivity contribution >= 4 is 23.5 Å². The second kappa shape index (κ2) is 12.1. The van der Waals surface area contributed by atoms with Crippen molar-refractivity contribution < 1.29 is 28.6 Å². The zero-order chi connectivity index (χ0) is 24.3. The summed E-state index contributed by atoms with van der Waals surface area (Å²) in [6.45, 7) is -0.471. The summed E-state index contributed by atoms with van der Waals surface area (Å²) >= 11 is 0. The van der Waals surface area contributed by atoms with Crippen molar-refractivity contribution in [1.82, 2.24) is 5.32 Å². The van der Waals surface area contributed by atoms with E-state index in [4.69, 9.17) is 14.2 Å². The first-order valence-electron chi connectivity index (χ1n) is 10.6. The number of amides is 2. The Hall–Kier alpha value is -4.33. The van der Waals surface area contributed by atoms with Crippen molar-refractivity contribution in [2.24, 2.45) is 0 Å². The Bertz CT molecular complexity index is 1120. The van der Waals surface area contributed by atoms with E-state index in [1.165, 1.54) is 14.2 Å². The normalized spacial score (nSPS) is 11.1. The van der Waals surface area contributed by atoms with Crippen molar-refractivity contribution in [3.05, 3.63) is 90.0 Å². The van der Waals surface area contributed by atoms with Crippen LogP contribution < -0.4 is 20.1 Å². The third kappa shape index (κ3) is 6.83. The molecule has 176 valence electrons. The minimum Gasteiger partial charge on any atom is -0.493 e. The van der Waals surface area contributed by atoms with Crippen LogP contribution in [0.4, 0.5) is 5.69 Å². The molecule has 0 saturated carbocycles. The highest BCUT2D eigenvalue weighted by Gasteiger charge is 2.21. The summed E-state index contributed by atoms with van der Waals surface area (Å²) < 4.78 is 15.5. The van der Waals surface area contributed by atoms with Crippen molar-refractivity contribution in [2.45, 2.75) is 12.5 Å². The van der Waals surface area contributed by atoms with E-state index < -0.39 is 24.5 Å². The van der Waals surface area contributed by atoms with Gasteiger partial charge in [0.05, 0.1) is 26.7 Å². The average molecular weight is 463 g/mol. The van der Waals surface area contributed by atoms with Crippen molar-refractivity contribution in [1.29, 1.82) is 0 Å². The van der Waals surface area contributed by atoms with Gasteiger partial charge in [-0.2, -0.15) is 0 Å². The molecule has 0 fully saturated rings. The zero-order valence-corrected chi connectivity index (χ0v) is 18.9. The number of esters is 1. The molecule has 2 N–H and O–H groups in total. The second-order valence-corrected chi connectivity index (χ2v) is 7.29. The van der Waals surface area contributed by atoms with Gasteiger partial charge in [0.25, 0.3) is 11.8 Å². The predicted molar refractivity (Wildman–Crippen MR) is 127 cm³/mol. The number of benzene rings is 3. The smallest absolute Gasteiger partial charge is 0.308 e. The van der Waals surface area contributed by atoms with E-state index >= 15 is 0 Å². The SMILES string of the molecule is COc1ccc(NC(=O)COC(=O)CC(NC(=O)c2ccccc2)c2ccccc2)cc1OC. The molecule has 34 heavy (non-hydrogen) atoms. The van der Waals surface area contributed by atoms with Crippen LogP contribution in [-0.4, -0.2) is 38.6 Å². The fraction of sp³-hybridized carbons (Fsp3) is 0.192. The van der Waals surface area contributed by atoms with Gasteiger partial charge in [-0.1, -0.05) is 48.5 Å². The molecule has 0 spiro atoms. The lowest BCUT2D eigenvalue weighted by molar-refractivity contribution is -0.147. The van der Waals surface area contributed by atoms with Gasteiger partial charge < -0.3 is 24.8 Å². The maximum atomic E-state index is 12.6. The fourth-order valence-electron chi connectivity index (χ4n) is 3.25. The number of nitrogens with one attached hydrogen (secondary N) is 2. The van der Waals surface area contributed by atoms with E-state index in [-0.39, 0.29) is 12.3 Å². The lowest BCUT2D eigenvalue weighted by Gasteiger charge is -2.19. The molecule has 0 saturated heterocycles. The van der Waals surface area contributed by atoms with Crippen LogP contribution in [0.15, 0.2) is 78.9 Å². The van der Waals surface area contributed by atoms with E-state index in [1.54, 1.807) is 42.5 Å². The topological polar surface area (TPSA) is 103 Å². The van der Waals surface area contributed by atoms with Gasteiger partial charge in [-0.3, -0.25) is 14.4 Å². The lowest BCUT2D eigenvalue weighted by atomic mass is 10.0. The molecule has 8 nitrogen and oxygen atoms in total. The number of carbonyl (C=O) groups excluding carboxylic acids is 3. The highest BCUT2D eigenvalue weighted by atomic mass is 16.5. The van der Waals surface area contributed by atoms with Crippen LogP contribution in [0.25, 0.3) is 0 Å². The predicted octanol–water partition coefficient (Wildman–Crippen LogP) is 3.75.